The normalized spacial score (nSPS) is 22.7. The zero-order valence-electron chi connectivity index (χ0n) is 15.4. The maximum absolute atomic E-state index is 12.1. The summed E-state index contributed by atoms with van der Waals surface area (Å²) in [6.07, 6.45) is 8.41. The SMILES string of the molecule is CCCCCCN=C(N)NC1CCC(C(=O)OC(C)(C)C)CC1. The number of esters is 1. The number of guanidine groups is 1. The Balaban J connectivity index is 2.25. The number of nitrogens with zero attached hydrogens (tertiary/aromatic N) is 1. The van der Waals surface area contributed by atoms with Crippen LogP contribution < -0.4 is 11.1 Å². The van der Waals surface area contributed by atoms with Crippen molar-refractivity contribution >= 4 is 11.9 Å². The van der Waals surface area contributed by atoms with Gasteiger partial charge in [0.05, 0.1) is 5.92 Å². The van der Waals surface area contributed by atoms with Crippen molar-refractivity contribution in [1.82, 2.24) is 5.32 Å². The molecular formula is C18H35N3O2. The van der Waals surface area contributed by atoms with Gasteiger partial charge in [0.2, 0.25) is 0 Å². The molecule has 0 aliphatic heterocycles. The van der Waals surface area contributed by atoms with Crippen LogP contribution in [0, 0.1) is 5.92 Å². The van der Waals surface area contributed by atoms with E-state index in [1.54, 1.807) is 0 Å². The molecule has 134 valence electrons. The van der Waals surface area contributed by atoms with Crippen LogP contribution in [0.4, 0.5) is 0 Å². The lowest BCUT2D eigenvalue weighted by Crippen LogP contribution is -2.43. The number of nitrogens with one attached hydrogen (secondary N) is 1. The van der Waals surface area contributed by atoms with Crippen molar-refractivity contribution in [2.24, 2.45) is 16.6 Å². The summed E-state index contributed by atoms with van der Waals surface area (Å²) in [5.41, 5.74) is 5.54. The van der Waals surface area contributed by atoms with Gasteiger partial charge in [0.15, 0.2) is 5.96 Å². The Morgan fingerprint density at radius 2 is 1.83 bits per heavy atom. The van der Waals surface area contributed by atoms with Crippen LogP contribution in [0.15, 0.2) is 4.99 Å². The summed E-state index contributed by atoms with van der Waals surface area (Å²) >= 11 is 0. The van der Waals surface area contributed by atoms with Gasteiger partial charge in [-0.25, -0.2) is 0 Å². The largest absolute Gasteiger partial charge is 0.460 e. The van der Waals surface area contributed by atoms with E-state index < -0.39 is 5.60 Å². The molecule has 1 aliphatic carbocycles. The van der Waals surface area contributed by atoms with Crippen LogP contribution in [0.1, 0.15) is 79.1 Å². The van der Waals surface area contributed by atoms with Gasteiger partial charge in [-0.05, 0) is 52.9 Å². The minimum Gasteiger partial charge on any atom is -0.460 e. The van der Waals surface area contributed by atoms with Gasteiger partial charge in [0.25, 0.3) is 0 Å². The van der Waals surface area contributed by atoms with Crippen molar-refractivity contribution in [2.75, 3.05) is 6.54 Å². The molecule has 0 bridgehead atoms. The monoisotopic (exact) mass is 325 g/mol. The van der Waals surface area contributed by atoms with Crippen LogP contribution in [-0.4, -0.2) is 30.1 Å². The number of carbonyl (C=O) groups is 1. The number of carbonyl (C=O) groups excluding carboxylic acids is 1. The molecule has 0 spiro atoms. The van der Waals surface area contributed by atoms with E-state index in [1.807, 2.05) is 20.8 Å². The van der Waals surface area contributed by atoms with Crippen molar-refractivity contribution in [2.45, 2.75) is 90.7 Å². The van der Waals surface area contributed by atoms with Crippen LogP contribution in [0.25, 0.3) is 0 Å². The van der Waals surface area contributed by atoms with Crippen molar-refractivity contribution in [3.63, 3.8) is 0 Å². The van der Waals surface area contributed by atoms with Crippen LogP contribution in [0.3, 0.4) is 0 Å². The molecule has 0 amide bonds. The minimum absolute atomic E-state index is 0.0273. The van der Waals surface area contributed by atoms with Crippen molar-refractivity contribution in [3.8, 4) is 0 Å². The fraction of sp³-hybridized carbons (Fsp3) is 0.889. The van der Waals surface area contributed by atoms with E-state index in [9.17, 15) is 4.79 Å². The lowest BCUT2D eigenvalue weighted by Gasteiger charge is -2.30. The molecule has 0 aromatic heterocycles. The summed E-state index contributed by atoms with van der Waals surface area (Å²) in [6, 6.07) is 0.327. The van der Waals surface area contributed by atoms with Crippen molar-refractivity contribution in [3.05, 3.63) is 0 Å². The lowest BCUT2D eigenvalue weighted by molar-refractivity contribution is -0.161. The molecule has 0 unspecified atom stereocenters. The smallest absolute Gasteiger partial charge is 0.309 e. The van der Waals surface area contributed by atoms with E-state index in [0.717, 1.165) is 38.6 Å². The van der Waals surface area contributed by atoms with Gasteiger partial charge < -0.3 is 15.8 Å². The van der Waals surface area contributed by atoms with E-state index in [2.05, 4.69) is 17.2 Å². The topological polar surface area (TPSA) is 76.7 Å². The Bertz CT molecular complexity index is 380. The number of aliphatic imine (C=N–C) groups is 1. The summed E-state index contributed by atoms with van der Waals surface area (Å²) in [4.78, 5) is 16.5. The first kappa shape index (κ1) is 19.8. The third kappa shape index (κ3) is 8.82. The Morgan fingerprint density at radius 3 is 2.39 bits per heavy atom. The zero-order chi connectivity index (χ0) is 17.3. The van der Waals surface area contributed by atoms with E-state index in [4.69, 9.17) is 10.5 Å². The quantitative estimate of drug-likeness (QED) is 0.326. The molecule has 1 aliphatic rings. The van der Waals surface area contributed by atoms with Gasteiger partial charge in [-0.1, -0.05) is 26.2 Å². The second-order valence-corrected chi connectivity index (χ2v) is 7.55. The fourth-order valence-corrected chi connectivity index (χ4v) is 2.85. The molecule has 0 atom stereocenters. The number of hydrogen-bond donors (Lipinski definition) is 2. The lowest BCUT2D eigenvalue weighted by atomic mass is 9.86. The van der Waals surface area contributed by atoms with Gasteiger partial charge in [-0.2, -0.15) is 0 Å². The molecular weight excluding hydrogens is 290 g/mol. The summed E-state index contributed by atoms with van der Waals surface area (Å²) < 4.78 is 5.47. The van der Waals surface area contributed by atoms with E-state index in [1.165, 1.54) is 19.3 Å². The number of rotatable bonds is 7. The molecule has 0 radical (unpaired) electrons. The predicted octanol–water partition coefficient (Wildman–Crippen LogP) is 3.37. The molecule has 5 nitrogen and oxygen atoms in total. The second-order valence-electron chi connectivity index (χ2n) is 7.55. The number of ether oxygens (including phenoxy) is 1. The molecule has 1 rings (SSSR count). The van der Waals surface area contributed by atoms with Crippen molar-refractivity contribution in [1.29, 1.82) is 0 Å². The fourth-order valence-electron chi connectivity index (χ4n) is 2.85. The summed E-state index contributed by atoms with van der Waals surface area (Å²) in [5.74, 6) is 0.509. The van der Waals surface area contributed by atoms with Gasteiger partial charge >= 0.3 is 5.97 Å². The molecule has 1 fully saturated rings. The van der Waals surface area contributed by atoms with Crippen LogP contribution in [-0.2, 0) is 9.53 Å². The summed E-state index contributed by atoms with van der Waals surface area (Å²) in [7, 11) is 0. The average molecular weight is 325 g/mol. The molecule has 3 N–H and O–H groups in total. The first-order valence-electron chi connectivity index (χ1n) is 9.11. The number of unbranched alkanes of at least 4 members (excludes halogenated alkanes) is 3. The summed E-state index contributed by atoms with van der Waals surface area (Å²) in [6.45, 7) is 8.74. The Morgan fingerprint density at radius 1 is 1.17 bits per heavy atom. The Labute approximate surface area is 141 Å². The maximum atomic E-state index is 12.1. The van der Waals surface area contributed by atoms with Gasteiger partial charge in [0.1, 0.15) is 5.60 Å². The van der Waals surface area contributed by atoms with E-state index in [-0.39, 0.29) is 11.9 Å². The summed E-state index contributed by atoms with van der Waals surface area (Å²) in [5, 5.41) is 3.29. The maximum Gasteiger partial charge on any atom is 0.309 e. The van der Waals surface area contributed by atoms with Crippen molar-refractivity contribution < 1.29 is 9.53 Å². The Kier molecular flexibility index (Phi) is 8.42. The molecule has 1 saturated carbocycles. The van der Waals surface area contributed by atoms with Gasteiger partial charge in [-0.15, -0.1) is 0 Å². The van der Waals surface area contributed by atoms with E-state index in [0.29, 0.717) is 12.0 Å². The zero-order valence-corrected chi connectivity index (χ0v) is 15.4. The Hall–Kier alpha value is -1.26. The van der Waals surface area contributed by atoms with Gasteiger partial charge in [-0.3, -0.25) is 9.79 Å². The highest BCUT2D eigenvalue weighted by Gasteiger charge is 2.29. The third-order valence-corrected chi connectivity index (χ3v) is 4.11. The van der Waals surface area contributed by atoms with Crippen LogP contribution >= 0.6 is 0 Å². The first-order chi connectivity index (χ1) is 10.8. The molecule has 0 saturated heterocycles. The predicted molar refractivity (Wildman–Crippen MR) is 95.4 cm³/mol. The molecule has 0 aromatic rings. The highest BCUT2D eigenvalue weighted by atomic mass is 16.6. The van der Waals surface area contributed by atoms with Crippen LogP contribution in [0.2, 0.25) is 0 Å². The highest BCUT2D eigenvalue weighted by Crippen LogP contribution is 2.26. The minimum atomic E-state index is -0.402. The number of nitrogens with two attached hydrogens (primary N) is 1. The third-order valence-electron chi connectivity index (χ3n) is 4.11. The van der Waals surface area contributed by atoms with Gasteiger partial charge in [0, 0.05) is 12.6 Å². The molecule has 0 heterocycles. The highest BCUT2D eigenvalue weighted by molar-refractivity contribution is 5.78. The first-order valence-corrected chi connectivity index (χ1v) is 9.11. The standard InChI is InChI=1S/C18H35N3O2/c1-5-6-7-8-13-20-17(19)21-15-11-9-14(10-12-15)16(22)23-18(2,3)4/h14-15H,5-13H2,1-4H3,(H3,19,20,21). The second kappa shape index (κ2) is 9.78. The average Bonchev–Trinajstić information content (AvgIpc) is 2.46. The number of hydrogen-bond acceptors (Lipinski definition) is 3. The molecule has 0 aromatic carbocycles. The molecule has 5 heteroatoms. The van der Waals surface area contributed by atoms with E-state index >= 15 is 0 Å². The molecule has 23 heavy (non-hydrogen) atoms. The van der Waals surface area contributed by atoms with Crippen LogP contribution in [0.5, 0.6) is 0 Å².